The van der Waals surface area contributed by atoms with Gasteiger partial charge in [0.25, 0.3) is 0 Å². The highest BCUT2D eigenvalue weighted by Gasteiger charge is 2.16. The highest BCUT2D eigenvalue weighted by Crippen LogP contribution is 2.21. The predicted molar refractivity (Wildman–Crippen MR) is 69.5 cm³/mol. The fourth-order valence-corrected chi connectivity index (χ4v) is 3.16. The minimum atomic E-state index is 0.504. The summed E-state index contributed by atoms with van der Waals surface area (Å²) in [6, 6.07) is 0.504. The van der Waals surface area contributed by atoms with E-state index in [-0.39, 0.29) is 0 Å². The van der Waals surface area contributed by atoms with Gasteiger partial charge in [-0.1, -0.05) is 0 Å². The van der Waals surface area contributed by atoms with Crippen LogP contribution in [0.4, 0.5) is 5.82 Å². The quantitative estimate of drug-likeness (QED) is 0.878. The molecule has 1 saturated heterocycles. The van der Waals surface area contributed by atoms with E-state index in [1.165, 1.54) is 18.6 Å². The summed E-state index contributed by atoms with van der Waals surface area (Å²) in [6.07, 6.45) is 6.17. The summed E-state index contributed by atoms with van der Waals surface area (Å²) in [6.45, 7) is 1.94. The molecule has 0 amide bonds. The molecule has 1 unspecified atom stereocenters. The molecule has 6 heteroatoms. The third kappa shape index (κ3) is 2.09. The van der Waals surface area contributed by atoms with Crippen LogP contribution >= 0.6 is 11.8 Å². The van der Waals surface area contributed by atoms with Crippen LogP contribution in [0.3, 0.4) is 0 Å². The second-order valence-electron chi connectivity index (χ2n) is 4.28. The smallest absolute Gasteiger partial charge is 0.203 e. The van der Waals surface area contributed by atoms with Gasteiger partial charge in [0.2, 0.25) is 5.65 Å². The van der Waals surface area contributed by atoms with Crippen LogP contribution in [0.2, 0.25) is 0 Å². The first-order valence-corrected chi connectivity index (χ1v) is 7.00. The number of fused-ring (bicyclic) bond motifs is 1. The molecular weight excluding hydrogens is 234 g/mol. The average Bonchev–Trinajstić information content (AvgIpc) is 2.74. The minimum absolute atomic E-state index is 0.504. The van der Waals surface area contributed by atoms with Crippen molar-refractivity contribution in [2.75, 3.05) is 16.8 Å². The number of anilines is 1. The van der Waals surface area contributed by atoms with E-state index in [9.17, 15) is 0 Å². The molecule has 0 bridgehead atoms. The van der Waals surface area contributed by atoms with Crippen LogP contribution in [0, 0.1) is 6.92 Å². The lowest BCUT2D eigenvalue weighted by molar-refractivity contribution is 0.682. The van der Waals surface area contributed by atoms with Gasteiger partial charge in [0.05, 0.1) is 0 Å². The molecule has 17 heavy (non-hydrogen) atoms. The summed E-state index contributed by atoms with van der Waals surface area (Å²) in [7, 11) is 0. The normalized spacial score (nSPS) is 20.6. The average molecular weight is 249 g/mol. The Bertz CT molecular complexity index is 518. The molecule has 0 saturated carbocycles. The highest BCUT2D eigenvalue weighted by atomic mass is 32.2. The number of hydrogen-bond donors (Lipinski definition) is 1. The van der Waals surface area contributed by atoms with Crippen molar-refractivity contribution in [3.63, 3.8) is 0 Å². The fourth-order valence-electron chi connectivity index (χ4n) is 2.09. The second-order valence-corrected chi connectivity index (χ2v) is 5.42. The maximum Gasteiger partial charge on any atom is 0.203 e. The van der Waals surface area contributed by atoms with Gasteiger partial charge in [0.15, 0.2) is 5.82 Å². The van der Waals surface area contributed by atoms with Crippen molar-refractivity contribution in [1.29, 1.82) is 0 Å². The lowest BCUT2D eigenvalue weighted by Gasteiger charge is -2.22. The Kier molecular flexibility index (Phi) is 2.88. The highest BCUT2D eigenvalue weighted by molar-refractivity contribution is 7.99. The van der Waals surface area contributed by atoms with Gasteiger partial charge >= 0.3 is 0 Å². The third-order valence-corrected chi connectivity index (χ3v) is 4.21. The van der Waals surface area contributed by atoms with Crippen LogP contribution in [0.25, 0.3) is 5.65 Å². The number of aryl methyl sites for hydroxylation is 1. The Balaban J connectivity index is 1.89. The zero-order valence-corrected chi connectivity index (χ0v) is 10.6. The predicted octanol–water partition coefficient (Wildman–Crippen LogP) is 1.74. The van der Waals surface area contributed by atoms with Crippen molar-refractivity contribution in [2.24, 2.45) is 0 Å². The van der Waals surface area contributed by atoms with Gasteiger partial charge in [-0.3, -0.25) is 4.40 Å². The van der Waals surface area contributed by atoms with Gasteiger partial charge in [-0.2, -0.15) is 11.8 Å². The molecule has 2 aromatic rings. The number of aromatic nitrogens is 4. The van der Waals surface area contributed by atoms with E-state index in [0.717, 1.165) is 23.0 Å². The van der Waals surface area contributed by atoms with Crippen LogP contribution in [-0.2, 0) is 0 Å². The summed E-state index contributed by atoms with van der Waals surface area (Å²) in [4.78, 5) is 4.37. The van der Waals surface area contributed by atoms with Crippen LogP contribution in [0.5, 0.6) is 0 Å². The molecule has 3 rings (SSSR count). The van der Waals surface area contributed by atoms with E-state index in [1.807, 2.05) is 29.3 Å². The number of nitrogens with one attached hydrogen (secondary N) is 1. The molecule has 1 aliphatic rings. The topological polar surface area (TPSA) is 55.1 Å². The second kappa shape index (κ2) is 4.52. The molecule has 0 spiro atoms. The standard InChI is InChI=1S/C11H15N5S/c1-8-14-15-11-10(12-4-5-16(8)11)13-9-3-2-6-17-7-9/h4-5,9H,2-3,6-7H2,1H3,(H,12,13). The van der Waals surface area contributed by atoms with Gasteiger partial charge < -0.3 is 5.32 Å². The summed E-state index contributed by atoms with van der Waals surface area (Å²) in [5.74, 6) is 4.17. The molecule has 1 aliphatic heterocycles. The minimum Gasteiger partial charge on any atom is -0.363 e. The van der Waals surface area contributed by atoms with Crippen molar-refractivity contribution >= 4 is 23.2 Å². The molecule has 0 aliphatic carbocycles. The van der Waals surface area contributed by atoms with Gasteiger partial charge in [0.1, 0.15) is 5.82 Å². The van der Waals surface area contributed by atoms with E-state index in [4.69, 9.17) is 0 Å². The monoisotopic (exact) mass is 249 g/mol. The largest absolute Gasteiger partial charge is 0.363 e. The maximum atomic E-state index is 4.37. The lowest BCUT2D eigenvalue weighted by Crippen LogP contribution is -2.26. The number of nitrogens with zero attached hydrogens (tertiary/aromatic N) is 4. The molecular formula is C11H15N5S. The summed E-state index contributed by atoms with van der Waals surface area (Å²) in [5, 5.41) is 11.7. The number of thioether (sulfide) groups is 1. The van der Waals surface area contributed by atoms with E-state index in [2.05, 4.69) is 20.5 Å². The first kappa shape index (κ1) is 10.8. The number of hydrogen-bond acceptors (Lipinski definition) is 5. The molecule has 90 valence electrons. The summed E-state index contributed by atoms with van der Waals surface area (Å²) < 4.78 is 1.96. The van der Waals surface area contributed by atoms with Crippen LogP contribution in [0.1, 0.15) is 18.7 Å². The van der Waals surface area contributed by atoms with Gasteiger partial charge in [-0.05, 0) is 25.5 Å². The fraction of sp³-hybridized carbons (Fsp3) is 0.545. The van der Waals surface area contributed by atoms with Gasteiger partial charge in [0, 0.05) is 24.2 Å². The van der Waals surface area contributed by atoms with Crippen LogP contribution in [-0.4, -0.2) is 37.1 Å². The van der Waals surface area contributed by atoms with E-state index in [0.29, 0.717) is 6.04 Å². The SMILES string of the molecule is Cc1nnc2c(NC3CCCSC3)nccn12. The van der Waals surface area contributed by atoms with E-state index in [1.54, 1.807) is 6.20 Å². The van der Waals surface area contributed by atoms with Crippen molar-refractivity contribution in [3.05, 3.63) is 18.2 Å². The first-order valence-electron chi connectivity index (χ1n) is 5.85. The Morgan fingerprint density at radius 1 is 1.47 bits per heavy atom. The van der Waals surface area contributed by atoms with Gasteiger partial charge in [-0.15, -0.1) is 10.2 Å². The Hall–Kier alpha value is -1.30. The summed E-state index contributed by atoms with van der Waals surface area (Å²) >= 11 is 2.00. The molecule has 5 nitrogen and oxygen atoms in total. The van der Waals surface area contributed by atoms with E-state index >= 15 is 0 Å². The Morgan fingerprint density at radius 3 is 3.24 bits per heavy atom. The van der Waals surface area contributed by atoms with Crippen molar-refractivity contribution in [1.82, 2.24) is 19.6 Å². The molecule has 1 atom stereocenters. The molecule has 2 aromatic heterocycles. The lowest BCUT2D eigenvalue weighted by atomic mass is 10.2. The molecule has 1 N–H and O–H groups in total. The van der Waals surface area contributed by atoms with Crippen LogP contribution < -0.4 is 5.32 Å². The number of rotatable bonds is 2. The molecule has 3 heterocycles. The van der Waals surface area contributed by atoms with Crippen molar-refractivity contribution < 1.29 is 0 Å². The molecule has 0 radical (unpaired) electrons. The Labute approximate surface area is 104 Å². The Morgan fingerprint density at radius 2 is 2.41 bits per heavy atom. The van der Waals surface area contributed by atoms with E-state index < -0.39 is 0 Å². The summed E-state index contributed by atoms with van der Waals surface area (Å²) in [5.41, 5.74) is 0.820. The zero-order valence-electron chi connectivity index (χ0n) is 9.76. The zero-order chi connectivity index (χ0) is 11.7. The van der Waals surface area contributed by atoms with Gasteiger partial charge in [-0.25, -0.2) is 4.98 Å². The molecule has 0 aromatic carbocycles. The first-order chi connectivity index (χ1) is 8.34. The third-order valence-electron chi connectivity index (χ3n) is 3.00. The van der Waals surface area contributed by atoms with Crippen molar-refractivity contribution in [2.45, 2.75) is 25.8 Å². The maximum absolute atomic E-state index is 4.37. The molecule has 1 fully saturated rings. The van der Waals surface area contributed by atoms with Crippen molar-refractivity contribution in [3.8, 4) is 0 Å². The van der Waals surface area contributed by atoms with Crippen LogP contribution in [0.15, 0.2) is 12.4 Å².